The zero-order chi connectivity index (χ0) is 12.3. The van der Waals surface area contributed by atoms with E-state index in [4.69, 9.17) is 4.74 Å². The molecule has 4 nitrogen and oxygen atoms in total. The second kappa shape index (κ2) is 5.10. The van der Waals surface area contributed by atoms with Gasteiger partial charge in [0.1, 0.15) is 12.4 Å². The smallest absolute Gasteiger partial charge is 0.115 e. The normalized spacial score (nSPS) is 31.1. The van der Waals surface area contributed by atoms with Crippen LogP contribution in [0.3, 0.4) is 0 Å². The number of aromatic nitrogens is 2. The van der Waals surface area contributed by atoms with Gasteiger partial charge in [-0.3, -0.25) is 0 Å². The predicted octanol–water partition coefficient (Wildman–Crippen LogP) is 2.11. The zero-order valence-corrected chi connectivity index (χ0v) is 10.5. The maximum atomic E-state index is 10.5. The summed E-state index contributed by atoms with van der Waals surface area (Å²) in [5, 5.41) is 10.5. The first-order valence-corrected chi connectivity index (χ1v) is 6.16. The monoisotopic (exact) mass is 236 g/mol. The first-order chi connectivity index (χ1) is 8.18. The quantitative estimate of drug-likeness (QED) is 0.873. The highest BCUT2D eigenvalue weighted by molar-refractivity contribution is 5.13. The Balaban J connectivity index is 2.23. The van der Waals surface area contributed by atoms with E-state index in [9.17, 15) is 5.11 Å². The van der Waals surface area contributed by atoms with Gasteiger partial charge in [0.25, 0.3) is 0 Å². The van der Waals surface area contributed by atoms with Crippen molar-refractivity contribution in [3.63, 3.8) is 0 Å². The summed E-state index contributed by atoms with van der Waals surface area (Å²) in [4.78, 5) is 7.92. The largest absolute Gasteiger partial charge is 0.385 e. The minimum atomic E-state index is -0.642. The molecule has 1 aliphatic carbocycles. The highest BCUT2D eigenvalue weighted by atomic mass is 16.5. The van der Waals surface area contributed by atoms with Gasteiger partial charge in [-0.1, -0.05) is 19.8 Å². The topological polar surface area (TPSA) is 55.2 Å². The van der Waals surface area contributed by atoms with Gasteiger partial charge in [0.05, 0.1) is 5.60 Å². The minimum absolute atomic E-state index is 0.470. The molecule has 17 heavy (non-hydrogen) atoms. The van der Waals surface area contributed by atoms with Gasteiger partial charge in [-0.05, 0) is 18.8 Å². The van der Waals surface area contributed by atoms with Gasteiger partial charge in [0, 0.05) is 25.1 Å². The Labute approximate surface area is 102 Å². The average molecular weight is 236 g/mol. The van der Waals surface area contributed by atoms with E-state index in [1.165, 1.54) is 12.7 Å². The van der Waals surface area contributed by atoms with Crippen LogP contribution in [-0.2, 0) is 4.74 Å². The van der Waals surface area contributed by atoms with Crippen molar-refractivity contribution in [3.05, 3.63) is 24.3 Å². The standard InChI is InChI=1S/C13H20N2O2/c1-10-4-3-5-13(6-10,17-2)12(16)11-7-14-9-15-8-11/h7-10,12,16H,3-6H2,1-2H3. The van der Waals surface area contributed by atoms with Crippen molar-refractivity contribution in [2.45, 2.75) is 44.3 Å². The molecule has 0 spiro atoms. The van der Waals surface area contributed by atoms with Crippen LogP contribution in [-0.4, -0.2) is 27.8 Å². The van der Waals surface area contributed by atoms with Gasteiger partial charge < -0.3 is 9.84 Å². The number of nitrogens with zero attached hydrogens (tertiary/aromatic N) is 2. The third kappa shape index (κ3) is 2.48. The Morgan fingerprint density at radius 2 is 2.18 bits per heavy atom. The van der Waals surface area contributed by atoms with Crippen molar-refractivity contribution in [2.24, 2.45) is 5.92 Å². The number of aliphatic hydroxyl groups is 1. The maximum Gasteiger partial charge on any atom is 0.115 e. The van der Waals surface area contributed by atoms with E-state index in [1.54, 1.807) is 19.5 Å². The molecule has 1 fully saturated rings. The van der Waals surface area contributed by atoms with Crippen molar-refractivity contribution in [1.82, 2.24) is 9.97 Å². The molecule has 2 rings (SSSR count). The summed E-state index contributed by atoms with van der Waals surface area (Å²) in [6.45, 7) is 2.21. The van der Waals surface area contributed by atoms with Crippen molar-refractivity contribution in [3.8, 4) is 0 Å². The molecule has 0 amide bonds. The molecule has 1 aromatic rings. The molecule has 4 heteroatoms. The van der Waals surface area contributed by atoms with Crippen LogP contribution in [0.2, 0.25) is 0 Å². The third-order valence-corrected chi connectivity index (χ3v) is 3.79. The molecule has 0 aliphatic heterocycles. The molecule has 1 heterocycles. The highest BCUT2D eigenvalue weighted by Crippen LogP contribution is 2.42. The van der Waals surface area contributed by atoms with Crippen LogP contribution in [0.4, 0.5) is 0 Å². The van der Waals surface area contributed by atoms with Gasteiger partial charge in [-0.15, -0.1) is 0 Å². The van der Waals surface area contributed by atoms with Gasteiger partial charge in [-0.25, -0.2) is 9.97 Å². The van der Waals surface area contributed by atoms with Crippen molar-refractivity contribution in [2.75, 3.05) is 7.11 Å². The molecule has 0 aromatic carbocycles. The second-order valence-corrected chi connectivity index (χ2v) is 5.04. The van der Waals surface area contributed by atoms with E-state index in [0.29, 0.717) is 5.92 Å². The molecular formula is C13H20N2O2. The molecular weight excluding hydrogens is 216 g/mol. The van der Waals surface area contributed by atoms with Crippen molar-refractivity contribution < 1.29 is 9.84 Å². The molecule has 1 aromatic heterocycles. The number of methoxy groups -OCH3 is 1. The number of rotatable bonds is 3. The minimum Gasteiger partial charge on any atom is -0.385 e. The van der Waals surface area contributed by atoms with Crippen LogP contribution in [0.25, 0.3) is 0 Å². The summed E-state index contributed by atoms with van der Waals surface area (Å²) in [7, 11) is 1.69. The predicted molar refractivity (Wildman–Crippen MR) is 64.4 cm³/mol. The van der Waals surface area contributed by atoms with Crippen LogP contribution in [0, 0.1) is 5.92 Å². The van der Waals surface area contributed by atoms with E-state index < -0.39 is 11.7 Å². The first-order valence-electron chi connectivity index (χ1n) is 6.16. The molecule has 0 bridgehead atoms. The van der Waals surface area contributed by atoms with Crippen LogP contribution >= 0.6 is 0 Å². The van der Waals surface area contributed by atoms with Gasteiger partial charge in [0.15, 0.2) is 0 Å². The molecule has 1 N–H and O–H groups in total. The third-order valence-electron chi connectivity index (χ3n) is 3.79. The van der Waals surface area contributed by atoms with E-state index in [1.807, 2.05) is 0 Å². The lowest BCUT2D eigenvalue weighted by Gasteiger charge is -2.42. The zero-order valence-electron chi connectivity index (χ0n) is 10.5. The molecule has 0 radical (unpaired) electrons. The summed E-state index contributed by atoms with van der Waals surface area (Å²) < 4.78 is 5.66. The number of aliphatic hydroxyl groups excluding tert-OH is 1. The Kier molecular flexibility index (Phi) is 3.74. The Hall–Kier alpha value is -1.00. The van der Waals surface area contributed by atoms with E-state index >= 15 is 0 Å². The van der Waals surface area contributed by atoms with E-state index in [-0.39, 0.29) is 0 Å². The lowest BCUT2D eigenvalue weighted by Crippen LogP contribution is -2.42. The fourth-order valence-corrected chi connectivity index (χ4v) is 2.84. The Bertz CT molecular complexity index is 358. The summed E-state index contributed by atoms with van der Waals surface area (Å²) in [6.07, 6.45) is 8.25. The van der Waals surface area contributed by atoms with Crippen molar-refractivity contribution >= 4 is 0 Å². The molecule has 94 valence electrons. The van der Waals surface area contributed by atoms with Crippen LogP contribution in [0.1, 0.15) is 44.3 Å². The SMILES string of the molecule is COC1(C(O)c2cncnc2)CCCC(C)C1. The van der Waals surface area contributed by atoms with Gasteiger partial charge >= 0.3 is 0 Å². The number of hydrogen-bond donors (Lipinski definition) is 1. The van der Waals surface area contributed by atoms with Crippen LogP contribution in [0.15, 0.2) is 18.7 Å². The number of hydrogen-bond acceptors (Lipinski definition) is 4. The van der Waals surface area contributed by atoms with Crippen LogP contribution < -0.4 is 0 Å². The highest BCUT2D eigenvalue weighted by Gasteiger charge is 2.42. The fourth-order valence-electron chi connectivity index (χ4n) is 2.84. The fraction of sp³-hybridized carbons (Fsp3) is 0.692. The van der Waals surface area contributed by atoms with E-state index in [2.05, 4.69) is 16.9 Å². The van der Waals surface area contributed by atoms with E-state index in [0.717, 1.165) is 24.8 Å². The number of ether oxygens (including phenoxy) is 1. The molecule has 1 saturated carbocycles. The van der Waals surface area contributed by atoms with Crippen molar-refractivity contribution in [1.29, 1.82) is 0 Å². The summed E-state index contributed by atoms with van der Waals surface area (Å²) in [5.74, 6) is 0.586. The summed E-state index contributed by atoms with van der Waals surface area (Å²) in [6, 6.07) is 0. The van der Waals surface area contributed by atoms with Gasteiger partial charge in [0.2, 0.25) is 0 Å². The Morgan fingerprint density at radius 1 is 1.47 bits per heavy atom. The molecule has 1 aliphatic rings. The second-order valence-electron chi connectivity index (χ2n) is 5.04. The summed E-state index contributed by atoms with van der Waals surface area (Å²) >= 11 is 0. The summed E-state index contributed by atoms with van der Waals surface area (Å²) in [5.41, 5.74) is 0.269. The average Bonchev–Trinajstić information content (AvgIpc) is 2.38. The first kappa shape index (κ1) is 12.5. The Morgan fingerprint density at radius 3 is 2.76 bits per heavy atom. The maximum absolute atomic E-state index is 10.5. The van der Waals surface area contributed by atoms with Gasteiger partial charge in [-0.2, -0.15) is 0 Å². The molecule has 0 saturated heterocycles. The lowest BCUT2D eigenvalue weighted by molar-refractivity contribution is -0.134. The lowest BCUT2D eigenvalue weighted by atomic mass is 9.74. The molecule has 3 unspecified atom stereocenters. The van der Waals surface area contributed by atoms with Crippen LogP contribution in [0.5, 0.6) is 0 Å². The molecule has 3 atom stereocenters.